The monoisotopic (exact) mass is 343 g/mol. The Morgan fingerprint density at radius 2 is 1.94 bits per heavy atom. The highest BCUT2D eigenvalue weighted by atomic mass is 79.9. The van der Waals surface area contributed by atoms with Crippen LogP contribution in [0.2, 0.25) is 0 Å². The van der Waals surface area contributed by atoms with Crippen LogP contribution in [0, 0.1) is 0 Å². The number of rotatable bonds is 3. The largest absolute Gasteiger partial charge is 0.457 e. The van der Waals surface area contributed by atoms with Crippen LogP contribution in [0.3, 0.4) is 0 Å². The van der Waals surface area contributed by atoms with Crippen LogP contribution in [0.4, 0.5) is 0 Å². The predicted molar refractivity (Wildman–Crippen MR) is 71.2 cm³/mol. The lowest BCUT2D eigenvalue weighted by atomic mass is 10.0. The van der Waals surface area contributed by atoms with Crippen molar-refractivity contribution in [2.24, 2.45) is 5.73 Å². The first kappa shape index (κ1) is 11.9. The van der Waals surface area contributed by atoms with Gasteiger partial charge < -0.3 is 10.2 Å². The smallest absolute Gasteiger partial charge is 0.173 e. The minimum absolute atomic E-state index is 0.0631. The lowest BCUT2D eigenvalue weighted by molar-refractivity contribution is 0.531. The molecule has 0 radical (unpaired) electrons. The van der Waals surface area contributed by atoms with Gasteiger partial charge in [0.25, 0.3) is 0 Å². The SMILES string of the molecule is NC(Cc1ccccc1Br)c1ccoc1Br. The molecule has 1 atom stereocenters. The number of halogens is 2. The van der Waals surface area contributed by atoms with Crippen LogP contribution in [0.5, 0.6) is 0 Å². The molecule has 0 aliphatic rings. The molecule has 2 N–H and O–H groups in total. The number of hydrogen-bond acceptors (Lipinski definition) is 2. The maximum absolute atomic E-state index is 6.13. The van der Waals surface area contributed by atoms with E-state index in [0.29, 0.717) is 4.67 Å². The minimum atomic E-state index is -0.0631. The van der Waals surface area contributed by atoms with Gasteiger partial charge in [-0.05, 0) is 40.0 Å². The minimum Gasteiger partial charge on any atom is -0.457 e. The molecule has 2 rings (SSSR count). The van der Waals surface area contributed by atoms with Crippen LogP contribution in [-0.2, 0) is 6.42 Å². The summed E-state index contributed by atoms with van der Waals surface area (Å²) in [6.07, 6.45) is 2.42. The van der Waals surface area contributed by atoms with Crippen LogP contribution >= 0.6 is 31.9 Å². The van der Waals surface area contributed by atoms with Gasteiger partial charge in [0.2, 0.25) is 0 Å². The van der Waals surface area contributed by atoms with Crippen LogP contribution in [-0.4, -0.2) is 0 Å². The van der Waals surface area contributed by atoms with Gasteiger partial charge in [-0.2, -0.15) is 0 Å². The van der Waals surface area contributed by atoms with Gasteiger partial charge in [0.15, 0.2) is 4.67 Å². The van der Waals surface area contributed by atoms with E-state index in [1.807, 2.05) is 24.3 Å². The fourth-order valence-corrected chi connectivity index (χ4v) is 2.56. The number of furan rings is 1. The van der Waals surface area contributed by atoms with Gasteiger partial charge in [0, 0.05) is 16.1 Å². The zero-order chi connectivity index (χ0) is 11.5. The molecule has 84 valence electrons. The van der Waals surface area contributed by atoms with E-state index in [1.165, 1.54) is 5.56 Å². The van der Waals surface area contributed by atoms with Gasteiger partial charge in [0.1, 0.15) is 0 Å². The van der Waals surface area contributed by atoms with Gasteiger partial charge >= 0.3 is 0 Å². The van der Waals surface area contributed by atoms with Gasteiger partial charge in [-0.3, -0.25) is 0 Å². The molecule has 1 unspecified atom stereocenters. The first-order chi connectivity index (χ1) is 7.68. The number of nitrogens with two attached hydrogens (primary N) is 1. The first-order valence-corrected chi connectivity index (χ1v) is 6.49. The molecule has 0 aliphatic carbocycles. The van der Waals surface area contributed by atoms with Crippen molar-refractivity contribution < 1.29 is 4.42 Å². The van der Waals surface area contributed by atoms with E-state index in [4.69, 9.17) is 10.2 Å². The Morgan fingerprint density at radius 3 is 2.56 bits per heavy atom. The lowest BCUT2D eigenvalue weighted by Gasteiger charge is -2.11. The summed E-state index contributed by atoms with van der Waals surface area (Å²) >= 11 is 6.86. The Hall–Kier alpha value is -0.580. The van der Waals surface area contributed by atoms with Gasteiger partial charge in [-0.1, -0.05) is 34.1 Å². The molecule has 1 aromatic heterocycles. The predicted octanol–water partition coefficient (Wildman–Crippen LogP) is 4.05. The molecule has 1 heterocycles. The highest BCUT2D eigenvalue weighted by Crippen LogP contribution is 2.27. The molecular weight excluding hydrogens is 334 g/mol. The van der Waals surface area contributed by atoms with Gasteiger partial charge in [-0.15, -0.1) is 0 Å². The van der Waals surface area contributed by atoms with E-state index in [-0.39, 0.29) is 6.04 Å². The molecule has 0 bridgehead atoms. The Kier molecular flexibility index (Phi) is 3.84. The van der Waals surface area contributed by atoms with Crippen LogP contribution in [0.25, 0.3) is 0 Å². The second-order valence-corrected chi connectivity index (χ2v) is 5.13. The van der Waals surface area contributed by atoms with Crippen molar-refractivity contribution in [1.82, 2.24) is 0 Å². The molecule has 0 fully saturated rings. The van der Waals surface area contributed by atoms with Crippen molar-refractivity contribution in [3.05, 3.63) is 56.9 Å². The third-order valence-corrected chi connectivity index (χ3v) is 3.86. The molecule has 16 heavy (non-hydrogen) atoms. The van der Waals surface area contributed by atoms with Gasteiger partial charge in [0.05, 0.1) is 6.26 Å². The third-order valence-electron chi connectivity index (χ3n) is 2.44. The van der Waals surface area contributed by atoms with Crippen LogP contribution in [0.1, 0.15) is 17.2 Å². The molecule has 0 amide bonds. The third kappa shape index (κ3) is 2.56. The summed E-state index contributed by atoms with van der Waals surface area (Å²) in [4.78, 5) is 0. The highest BCUT2D eigenvalue weighted by molar-refractivity contribution is 9.10. The average molecular weight is 345 g/mol. The Balaban J connectivity index is 2.17. The Bertz CT molecular complexity index is 481. The molecule has 4 heteroatoms. The molecular formula is C12H11Br2NO. The molecule has 0 aliphatic heterocycles. The molecule has 2 nitrogen and oxygen atoms in total. The van der Waals surface area contributed by atoms with E-state index in [0.717, 1.165) is 16.5 Å². The summed E-state index contributed by atoms with van der Waals surface area (Å²) in [7, 11) is 0. The standard InChI is InChI=1S/C12H11Br2NO/c13-10-4-2-1-3-8(10)7-11(15)9-5-6-16-12(9)14/h1-6,11H,7,15H2. The average Bonchev–Trinajstić information content (AvgIpc) is 2.68. The zero-order valence-corrected chi connectivity index (χ0v) is 11.7. The first-order valence-electron chi connectivity index (χ1n) is 4.90. The summed E-state index contributed by atoms with van der Waals surface area (Å²) in [5.74, 6) is 0. The second kappa shape index (κ2) is 5.17. The molecule has 0 spiro atoms. The van der Waals surface area contributed by atoms with E-state index in [9.17, 15) is 0 Å². The van der Waals surface area contributed by atoms with Crippen molar-refractivity contribution in [2.75, 3.05) is 0 Å². The van der Waals surface area contributed by atoms with Crippen molar-refractivity contribution >= 4 is 31.9 Å². The number of benzene rings is 1. The molecule has 0 saturated heterocycles. The molecule has 0 saturated carbocycles. The zero-order valence-electron chi connectivity index (χ0n) is 8.49. The van der Waals surface area contributed by atoms with Crippen molar-refractivity contribution in [3.8, 4) is 0 Å². The summed E-state index contributed by atoms with van der Waals surface area (Å²) in [5.41, 5.74) is 8.32. The number of hydrogen-bond donors (Lipinski definition) is 1. The lowest BCUT2D eigenvalue weighted by Crippen LogP contribution is -2.13. The second-order valence-electron chi connectivity index (χ2n) is 3.55. The van der Waals surface area contributed by atoms with Gasteiger partial charge in [-0.25, -0.2) is 0 Å². The van der Waals surface area contributed by atoms with E-state index < -0.39 is 0 Å². The van der Waals surface area contributed by atoms with Crippen LogP contribution < -0.4 is 5.73 Å². The Morgan fingerprint density at radius 1 is 1.19 bits per heavy atom. The summed E-state index contributed by atoms with van der Waals surface area (Å²) in [6.45, 7) is 0. The normalized spacial score (nSPS) is 12.7. The summed E-state index contributed by atoms with van der Waals surface area (Å²) in [5, 5.41) is 0. The van der Waals surface area contributed by atoms with E-state index in [1.54, 1.807) is 6.26 Å². The van der Waals surface area contributed by atoms with Crippen molar-refractivity contribution in [2.45, 2.75) is 12.5 Å². The van der Waals surface area contributed by atoms with E-state index in [2.05, 4.69) is 37.9 Å². The summed E-state index contributed by atoms with van der Waals surface area (Å²) in [6, 6.07) is 9.92. The van der Waals surface area contributed by atoms with Crippen molar-refractivity contribution in [3.63, 3.8) is 0 Å². The quantitative estimate of drug-likeness (QED) is 0.912. The maximum Gasteiger partial charge on any atom is 0.173 e. The van der Waals surface area contributed by atoms with Crippen LogP contribution in [0.15, 0.2) is 50.2 Å². The van der Waals surface area contributed by atoms with E-state index >= 15 is 0 Å². The van der Waals surface area contributed by atoms with Crippen molar-refractivity contribution in [1.29, 1.82) is 0 Å². The Labute approximate surface area is 111 Å². The topological polar surface area (TPSA) is 39.2 Å². The molecule has 2 aromatic rings. The molecule has 1 aromatic carbocycles. The maximum atomic E-state index is 6.13. The summed E-state index contributed by atoms with van der Waals surface area (Å²) < 4.78 is 6.98. The fraction of sp³-hybridized carbons (Fsp3) is 0.167. The fourth-order valence-electron chi connectivity index (χ4n) is 1.58. The highest BCUT2D eigenvalue weighted by Gasteiger charge is 2.13.